The highest BCUT2D eigenvalue weighted by Gasteiger charge is 2.60. The molecule has 0 saturated heterocycles. The molecule has 0 radical (unpaired) electrons. The Hall–Kier alpha value is -3.05. The number of rotatable bonds is 3. The number of anilines is 1. The van der Waals surface area contributed by atoms with Crippen LogP contribution in [0.5, 0.6) is 0 Å². The Kier molecular flexibility index (Phi) is 4.16. The van der Waals surface area contributed by atoms with Gasteiger partial charge in [0.2, 0.25) is 0 Å². The maximum atomic E-state index is 13.9. The van der Waals surface area contributed by atoms with Crippen molar-refractivity contribution in [2.24, 2.45) is 0 Å². The Balaban J connectivity index is 2.08. The van der Waals surface area contributed by atoms with Crippen LogP contribution in [0.3, 0.4) is 0 Å². The van der Waals surface area contributed by atoms with Crippen LogP contribution in [0.25, 0.3) is 5.65 Å². The largest absolute Gasteiger partial charge is 0.459 e. The number of aryl methyl sites for hydroxylation is 3. The number of nitrogens with one attached hydrogen (secondary N) is 1. The van der Waals surface area contributed by atoms with E-state index in [1.807, 2.05) is 0 Å². The smallest absolute Gasteiger partial charge is 0.359 e. The minimum absolute atomic E-state index is 0.0843. The van der Waals surface area contributed by atoms with Crippen molar-refractivity contribution in [3.05, 3.63) is 40.7 Å². The third-order valence-electron chi connectivity index (χ3n) is 3.74. The Morgan fingerprint density at radius 1 is 1.15 bits per heavy atom. The van der Waals surface area contributed by atoms with E-state index in [1.165, 1.54) is 13.8 Å². The summed E-state index contributed by atoms with van der Waals surface area (Å²) in [5, 5.41) is 9.65. The van der Waals surface area contributed by atoms with Gasteiger partial charge in [0.15, 0.2) is 17.1 Å². The third kappa shape index (κ3) is 3.11. The number of fused-ring (bicyclic) bond motifs is 1. The van der Waals surface area contributed by atoms with Crippen LogP contribution in [0.2, 0.25) is 0 Å². The molecular weight excluding hydrogens is 377 g/mol. The van der Waals surface area contributed by atoms with Crippen molar-refractivity contribution in [3.63, 3.8) is 0 Å². The number of halogens is 5. The van der Waals surface area contributed by atoms with E-state index in [4.69, 9.17) is 4.52 Å². The van der Waals surface area contributed by atoms with Gasteiger partial charge in [-0.1, -0.05) is 5.16 Å². The minimum Gasteiger partial charge on any atom is -0.359 e. The van der Waals surface area contributed by atoms with Gasteiger partial charge in [-0.3, -0.25) is 4.79 Å². The molecule has 0 unspecified atom stereocenters. The van der Waals surface area contributed by atoms with Crippen molar-refractivity contribution in [1.82, 2.24) is 19.8 Å². The summed E-state index contributed by atoms with van der Waals surface area (Å²) in [5.41, 5.74) is -1.62. The molecule has 1 N–H and O–H groups in total. The number of amides is 1. The standard InChI is InChI=1S/C15H12F5N5O2/c1-6-4-10(14(16,17)15(18,19)20)25-11(21-6)5-9(23-25)13(26)22-12-7(2)24-27-8(12)3/h4-5H,1-3H3,(H,22,26). The molecule has 3 aromatic rings. The second-order valence-electron chi connectivity index (χ2n) is 5.81. The van der Waals surface area contributed by atoms with Gasteiger partial charge >= 0.3 is 12.1 Å². The fourth-order valence-electron chi connectivity index (χ4n) is 2.42. The Labute approximate surface area is 148 Å². The molecule has 7 nitrogen and oxygen atoms in total. The highest BCUT2D eigenvalue weighted by molar-refractivity contribution is 6.04. The predicted octanol–water partition coefficient (Wildman–Crippen LogP) is 3.55. The van der Waals surface area contributed by atoms with Gasteiger partial charge in [0.1, 0.15) is 17.1 Å². The number of carbonyl (C=O) groups excluding carboxylic acids is 1. The summed E-state index contributed by atoms with van der Waals surface area (Å²) in [7, 11) is 0. The Morgan fingerprint density at radius 2 is 1.81 bits per heavy atom. The summed E-state index contributed by atoms with van der Waals surface area (Å²) in [6.07, 6.45) is -5.83. The summed E-state index contributed by atoms with van der Waals surface area (Å²) in [5.74, 6) is -5.72. The molecule has 3 aromatic heterocycles. The molecular formula is C15H12F5N5O2. The maximum Gasteiger partial charge on any atom is 0.459 e. The van der Waals surface area contributed by atoms with E-state index in [0.29, 0.717) is 22.0 Å². The number of alkyl halides is 5. The first-order valence-corrected chi connectivity index (χ1v) is 7.48. The quantitative estimate of drug-likeness (QED) is 0.693. The van der Waals surface area contributed by atoms with E-state index in [1.54, 1.807) is 6.92 Å². The van der Waals surface area contributed by atoms with E-state index in [2.05, 4.69) is 20.6 Å². The number of nitrogens with zero attached hydrogens (tertiary/aromatic N) is 4. The molecule has 0 saturated carbocycles. The second-order valence-corrected chi connectivity index (χ2v) is 5.81. The number of hydrogen-bond donors (Lipinski definition) is 1. The first kappa shape index (κ1) is 18.7. The lowest BCUT2D eigenvalue weighted by molar-refractivity contribution is -0.291. The molecule has 3 rings (SSSR count). The third-order valence-corrected chi connectivity index (χ3v) is 3.74. The van der Waals surface area contributed by atoms with Crippen LogP contribution < -0.4 is 5.32 Å². The Morgan fingerprint density at radius 3 is 2.37 bits per heavy atom. The highest BCUT2D eigenvalue weighted by Crippen LogP contribution is 2.43. The van der Waals surface area contributed by atoms with Crippen molar-refractivity contribution in [2.45, 2.75) is 32.9 Å². The van der Waals surface area contributed by atoms with Crippen LogP contribution in [0.15, 0.2) is 16.7 Å². The molecule has 27 heavy (non-hydrogen) atoms. The van der Waals surface area contributed by atoms with Gasteiger partial charge in [-0.2, -0.15) is 27.1 Å². The van der Waals surface area contributed by atoms with Crippen LogP contribution in [-0.2, 0) is 5.92 Å². The number of hydrogen-bond acceptors (Lipinski definition) is 5. The van der Waals surface area contributed by atoms with Gasteiger partial charge in [-0.25, -0.2) is 9.50 Å². The van der Waals surface area contributed by atoms with Crippen LogP contribution in [-0.4, -0.2) is 31.8 Å². The zero-order chi connectivity index (χ0) is 20.1. The normalized spacial score (nSPS) is 12.6. The van der Waals surface area contributed by atoms with E-state index >= 15 is 0 Å². The summed E-state index contributed by atoms with van der Waals surface area (Å²) in [6, 6.07) is 1.58. The second kappa shape index (κ2) is 5.99. The zero-order valence-corrected chi connectivity index (χ0v) is 14.1. The summed E-state index contributed by atoms with van der Waals surface area (Å²) >= 11 is 0. The maximum absolute atomic E-state index is 13.9. The van der Waals surface area contributed by atoms with Crippen LogP contribution in [0.1, 0.15) is 33.3 Å². The molecule has 0 aromatic carbocycles. The average Bonchev–Trinajstić information content (AvgIpc) is 3.11. The van der Waals surface area contributed by atoms with Crippen molar-refractivity contribution in [2.75, 3.05) is 5.32 Å². The van der Waals surface area contributed by atoms with Crippen molar-refractivity contribution < 1.29 is 31.3 Å². The van der Waals surface area contributed by atoms with E-state index in [0.717, 1.165) is 6.07 Å². The molecule has 12 heteroatoms. The topological polar surface area (TPSA) is 85.3 Å². The summed E-state index contributed by atoms with van der Waals surface area (Å²) in [6.45, 7) is 4.35. The van der Waals surface area contributed by atoms with E-state index < -0.39 is 29.4 Å². The molecule has 0 bridgehead atoms. The molecule has 0 atom stereocenters. The number of aromatic nitrogens is 4. The lowest BCUT2D eigenvalue weighted by Gasteiger charge is -2.20. The molecule has 0 aliphatic heterocycles. The monoisotopic (exact) mass is 389 g/mol. The van der Waals surface area contributed by atoms with Gasteiger partial charge < -0.3 is 9.84 Å². The van der Waals surface area contributed by atoms with Gasteiger partial charge in [0.25, 0.3) is 5.91 Å². The van der Waals surface area contributed by atoms with Gasteiger partial charge in [-0.15, -0.1) is 0 Å². The van der Waals surface area contributed by atoms with E-state index in [9.17, 15) is 26.7 Å². The molecule has 1 amide bonds. The average molecular weight is 389 g/mol. The molecule has 144 valence electrons. The fourth-order valence-corrected chi connectivity index (χ4v) is 2.42. The molecule has 3 heterocycles. The molecule has 0 aliphatic carbocycles. The zero-order valence-electron chi connectivity index (χ0n) is 14.1. The first-order chi connectivity index (χ1) is 12.4. The highest BCUT2D eigenvalue weighted by atomic mass is 19.4. The SMILES string of the molecule is Cc1cc(C(F)(F)C(F)(F)F)n2nc(C(=O)Nc3c(C)noc3C)cc2n1. The van der Waals surface area contributed by atoms with Crippen molar-refractivity contribution in [1.29, 1.82) is 0 Å². The van der Waals surface area contributed by atoms with Crippen LogP contribution in [0.4, 0.5) is 27.6 Å². The molecule has 0 spiro atoms. The van der Waals surface area contributed by atoms with Gasteiger partial charge in [0.05, 0.1) is 0 Å². The molecule has 0 aliphatic rings. The Bertz CT molecular complexity index is 1020. The fraction of sp³-hybridized carbons (Fsp3) is 0.333. The number of carbonyl (C=O) groups is 1. The first-order valence-electron chi connectivity index (χ1n) is 7.48. The predicted molar refractivity (Wildman–Crippen MR) is 81.6 cm³/mol. The minimum atomic E-state index is -5.83. The summed E-state index contributed by atoms with van der Waals surface area (Å²) in [4.78, 5) is 16.2. The van der Waals surface area contributed by atoms with E-state index in [-0.39, 0.29) is 17.0 Å². The molecule has 0 fully saturated rings. The van der Waals surface area contributed by atoms with Gasteiger partial charge in [-0.05, 0) is 26.8 Å². The lowest BCUT2D eigenvalue weighted by atomic mass is 10.2. The van der Waals surface area contributed by atoms with Crippen molar-refractivity contribution >= 4 is 17.2 Å². The van der Waals surface area contributed by atoms with Crippen LogP contribution in [0, 0.1) is 20.8 Å². The van der Waals surface area contributed by atoms with Gasteiger partial charge in [0, 0.05) is 11.8 Å². The lowest BCUT2D eigenvalue weighted by Crippen LogP contribution is -2.36. The summed E-state index contributed by atoms with van der Waals surface area (Å²) < 4.78 is 71.2. The van der Waals surface area contributed by atoms with Crippen molar-refractivity contribution in [3.8, 4) is 0 Å². The van der Waals surface area contributed by atoms with Crippen LogP contribution >= 0.6 is 0 Å².